The van der Waals surface area contributed by atoms with Gasteiger partial charge in [0, 0.05) is 24.6 Å². The molecule has 0 saturated carbocycles. The fourth-order valence-corrected chi connectivity index (χ4v) is 4.51. The minimum Gasteiger partial charge on any atom is -0.381 e. The summed E-state index contributed by atoms with van der Waals surface area (Å²) in [7, 11) is -3.17. The van der Waals surface area contributed by atoms with Crippen LogP contribution in [0.25, 0.3) is 0 Å². The van der Waals surface area contributed by atoms with Crippen molar-refractivity contribution in [3.8, 4) is 0 Å². The predicted molar refractivity (Wildman–Crippen MR) is 72.9 cm³/mol. The van der Waals surface area contributed by atoms with Gasteiger partial charge in [-0.3, -0.25) is 0 Å². The molecular formula is C11H22BrNO3S. The molecule has 1 atom stereocenters. The SMILES string of the molecule is CC(C)CC(Br)CNS(=O)(=O)C1CCOCC1. The quantitative estimate of drug-likeness (QED) is 0.758. The van der Waals surface area contributed by atoms with E-state index in [0.717, 1.165) is 6.42 Å². The third kappa shape index (κ3) is 5.68. The van der Waals surface area contributed by atoms with Crippen LogP contribution in [0.4, 0.5) is 0 Å². The van der Waals surface area contributed by atoms with Gasteiger partial charge in [-0.1, -0.05) is 29.8 Å². The van der Waals surface area contributed by atoms with Crippen molar-refractivity contribution in [2.45, 2.75) is 43.2 Å². The minimum atomic E-state index is -3.17. The lowest BCUT2D eigenvalue weighted by molar-refractivity contribution is 0.0981. The van der Waals surface area contributed by atoms with Crippen molar-refractivity contribution >= 4 is 26.0 Å². The first kappa shape index (κ1) is 15.4. The van der Waals surface area contributed by atoms with Crippen LogP contribution in [0.5, 0.6) is 0 Å². The first-order chi connectivity index (χ1) is 7.92. The Morgan fingerprint density at radius 2 is 1.94 bits per heavy atom. The second kappa shape index (κ2) is 7.07. The summed E-state index contributed by atoms with van der Waals surface area (Å²) in [4.78, 5) is 0.206. The van der Waals surface area contributed by atoms with E-state index in [1.807, 2.05) is 0 Å². The fraction of sp³-hybridized carbons (Fsp3) is 1.00. The summed E-state index contributed by atoms with van der Waals surface area (Å²) in [5.74, 6) is 0.562. The summed E-state index contributed by atoms with van der Waals surface area (Å²) >= 11 is 3.50. The molecule has 17 heavy (non-hydrogen) atoms. The molecule has 1 heterocycles. The number of halogens is 1. The highest BCUT2D eigenvalue weighted by Crippen LogP contribution is 2.16. The molecule has 1 unspecified atom stereocenters. The molecule has 0 amide bonds. The Kier molecular flexibility index (Phi) is 6.40. The van der Waals surface area contributed by atoms with Crippen LogP contribution >= 0.6 is 15.9 Å². The maximum absolute atomic E-state index is 12.0. The molecule has 4 nitrogen and oxygen atoms in total. The molecule has 0 aromatic heterocycles. The Hall–Kier alpha value is 0.350. The van der Waals surface area contributed by atoms with Crippen LogP contribution in [-0.4, -0.2) is 38.3 Å². The summed E-state index contributed by atoms with van der Waals surface area (Å²) in [6.45, 7) is 5.82. The number of hydrogen-bond acceptors (Lipinski definition) is 3. The van der Waals surface area contributed by atoms with Gasteiger partial charge in [0.25, 0.3) is 0 Å². The summed E-state index contributed by atoms with van der Waals surface area (Å²) in [6, 6.07) is 0. The molecule has 6 heteroatoms. The zero-order chi connectivity index (χ0) is 12.9. The predicted octanol–water partition coefficient (Wildman–Crippen LogP) is 1.89. The van der Waals surface area contributed by atoms with E-state index in [2.05, 4.69) is 34.5 Å². The number of hydrogen-bond donors (Lipinski definition) is 1. The van der Waals surface area contributed by atoms with Crippen LogP contribution in [0.15, 0.2) is 0 Å². The monoisotopic (exact) mass is 327 g/mol. The Morgan fingerprint density at radius 3 is 2.47 bits per heavy atom. The Balaban J connectivity index is 2.38. The average Bonchev–Trinajstić information content (AvgIpc) is 2.27. The highest BCUT2D eigenvalue weighted by Gasteiger charge is 2.27. The summed E-state index contributed by atoms with van der Waals surface area (Å²) in [5.41, 5.74) is 0. The van der Waals surface area contributed by atoms with E-state index in [1.165, 1.54) is 0 Å². The molecule has 1 fully saturated rings. The summed E-state index contributed by atoms with van der Waals surface area (Å²) in [5, 5.41) is -0.282. The van der Waals surface area contributed by atoms with Crippen LogP contribution in [0.3, 0.4) is 0 Å². The second-order valence-corrected chi connectivity index (χ2v) is 8.27. The Labute approximate surface area is 113 Å². The van der Waals surface area contributed by atoms with E-state index in [1.54, 1.807) is 0 Å². The molecule has 0 aromatic carbocycles. The maximum Gasteiger partial charge on any atom is 0.214 e. The molecule has 0 spiro atoms. The van der Waals surface area contributed by atoms with Gasteiger partial charge in [0.05, 0.1) is 5.25 Å². The van der Waals surface area contributed by atoms with Gasteiger partial charge >= 0.3 is 0 Å². The molecule has 0 aliphatic carbocycles. The largest absolute Gasteiger partial charge is 0.381 e. The second-order valence-electron chi connectivity index (χ2n) is 4.93. The third-order valence-corrected chi connectivity index (χ3v) is 5.46. The molecule has 0 aromatic rings. The number of ether oxygens (including phenoxy) is 1. The molecule has 1 aliphatic rings. The molecule has 0 radical (unpaired) electrons. The van der Waals surface area contributed by atoms with E-state index < -0.39 is 10.0 Å². The van der Waals surface area contributed by atoms with Crippen LogP contribution in [0.2, 0.25) is 0 Å². The van der Waals surface area contributed by atoms with Crippen LogP contribution < -0.4 is 4.72 Å². The lowest BCUT2D eigenvalue weighted by atomic mass is 10.1. The fourth-order valence-electron chi connectivity index (χ4n) is 1.91. The lowest BCUT2D eigenvalue weighted by Gasteiger charge is -2.23. The molecule has 1 aliphatic heterocycles. The van der Waals surface area contributed by atoms with Crippen molar-refractivity contribution in [1.82, 2.24) is 4.72 Å². The smallest absolute Gasteiger partial charge is 0.214 e. The van der Waals surface area contributed by atoms with E-state index in [9.17, 15) is 8.42 Å². The number of sulfonamides is 1. The van der Waals surface area contributed by atoms with E-state index in [4.69, 9.17) is 4.74 Å². The van der Waals surface area contributed by atoms with Gasteiger partial charge in [-0.25, -0.2) is 13.1 Å². The molecule has 1 N–H and O–H groups in total. The van der Waals surface area contributed by atoms with Gasteiger partial charge in [0.1, 0.15) is 0 Å². The van der Waals surface area contributed by atoms with Crippen LogP contribution in [-0.2, 0) is 14.8 Å². The molecule has 0 bridgehead atoms. The highest BCUT2D eigenvalue weighted by atomic mass is 79.9. The lowest BCUT2D eigenvalue weighted by Crippen LogP contribution is -2.40. The zero-order valence-corrected chi connectivity index (χ0v) is 12.9. The molecule has 102 valence electrons. The van der Waals surface area contributed by atoms with Gasteiger partial charge in [0.15, 0.2) is 0 Å². The van der Waals surface area contributed by atoms with Crippen molar-refractivity contribution in [2.75, 3.05) is 19.8 Å². The standard InChI is InChI=1S/C11H22BrNO3S/c1-9(2)7-10(12)8-13-17(14,15)11-3-5-16-6-4-11/h9-11,13H,3-8H2,1-2H3. The number of alkyl halides is 1. The Bertz CT molecular complexity index is 313. The van der Waals surface area contributed by atoms with Gasteiger partial charge in [-0.15, -0.1) is 0 Å². The number of rotatable bonds is 6. The third-order valence-electron chi connectivity index (χ3n) is 2.84. The van der Waals surface area contributed by atoms with Crippen molar-refractivity contribution < 1.29 is 13.2 Å². The molecule has 1 rings (SSSR count). The van der Waals surface area contributed by atoms with Gasteiger partial charge in [-0.2, -0.15) is 0 Å². The van der Waals surface area contributed by atoms with Crippen LogP contribution in [0, 0.1) is 5.92 Å². The highest BCUT2D eigenvalue weighted by molar-refractivity contribution is 9.09. The average molecular weight is 328 g/mol. The van der Waals surface area contributed by atoms with Crippen molar-refractivity contribution in [1.29, 1.82) is 0 Å². The first-order valence-electron chi connectivity index (χ1n) is 6.12. The zero-order valence-electron chi connectivity index (χ0n) is 10.5. The molecular weight excluding hydrogens is 306 g/mol. The van der Waals surface area contributed by atoms with Crippen LogP contribution in [0.1, 0.15) is 33.1 Å². The maximum atomic E-state index is 12.0. The Morgan fingerprint density at radius 1 is 1.35 bits per heavy atom. The molecule has 1 saturated heterocycles. The first-order valence-corrected chi connectivity index (χ1v) is 8.58. The van der Waals surface area contributed by atoms with Gasteiger partial charge in [0.2, 0.25) is 10.0 Å². The van der Waals surface area contributed by atoms with E-state index in [0.29, 0.717) is 38.5 Å². The van der Waals surface area contributed by atoms with E-state index >= 15 is 0 Å². The van der Waals surface area contributed by atoms with Crippen molar-refractivity contribution in [3.05, 3.63) is 0 Å². The summed E-state index contributed by atoms with van der Waals surface area (Å²) < 4.78 is 31.9. The summed E-state index contributed by atoms with van der Waals surface area (Å²) in [6.07, 6.45) is 2.18. The van der Waals surface area contributed by atoms with Crippen molar-refractivity contribution in [3.63, 3.8) is 0 Å². The van der Waals surface area contributed by atoms with Gasteiger partial charge < -0.3 is 4.74 Å². The van der Waals surface area contributed by atoms with Crippen molar-refractivity contribution in [2.24, 2.45) is 5.92 Å². The van der Waals surface area contributed by atoms with E-state index in [-0.39, 0.29) is 10.1 Å². The van der Waals surface area contributed by atoms with Gasteiger partial charge in [-0.05, 0) is 25.2 Å². The minimum absolute atomic E-state index is 0.206. The number of nitrogens with one attached hydrogen (secondary N) is 1. The topological polar surface area (TPSA) is 55.4 Å². The normalized spacial score (nSPS) is 20.7.